The number of carboxylic acids is 1. The highest BCUT2D eigenvalue weighted by molar-refractivity contribution is 6.30. The molecule has 214 valence electrons. The zero-order valence-corrected chi connectivity index (χ0v) is 22.8. The zero-order chi connectivity index (χ0) is 30.1. The Labute approximate surface area is 243 Å². The third-order valence-corrected chi connectivity index (χ3v) is 7.38. The first-order chi connectivity index (χ1) is 20.6. The van der Waals surface area contributed by atoms with Gasteiger partial charge in [0, 0.05) is 30.8 Å². The molecular formula is C29H29ClFN5O5. The summed E-state index contributed by atoms with van der Waals surface area (Å²) in [4.78, 5) is 27.2. The molecule has 2 aliphatic heterocycles. The van der Waals surface area contributed by atoms with Crippen LogP contribution in [0.1, 0.15) is 44.0 Å². The van der Waals surface area contributed by atoms with Gasteiger partial charge in [0.15, 0.2) is 22.9 Å². The number of carbonyl (C=O) groups is 1. The minimum Gasteiger partial charge on any atom is -0.484 e. The normalized spacial score (nSPS) is 18.9. The number of hydrogen-bond donors (Lipinski definition) is 1. The van der Waals surface area contributed by atoms with Crippen LogP contribution in [0.25, 0.3) is 11.2 Å². The molecule has 0 aliphatic carbocycles. The van der Waals surface area contributed by atoms with Crippen molar-refractivity contribution in [3.8, 4) is 11.6 Å². The number of likely N-dealkylation sites (tertiary alicyclic amines) is 1. The van der Waals surface area contributed by atoms with Gasteiger partial charge in [-0.25, -0.2) is 24.1 Å². The second-order valence-electron chi connectivity index (χ2n) is 10.00. The van der Waals surface area contributed by atoms with Gasteiger partial charge in [-0.05, 0) is 55.7 Å². The van der Waals surface area contributed by atoms with Crippen LogP contribution in [-0.2, 0) is 24.4 Å². The van der Waals surface area contributed by atoms with Crippen LogP contribution in [0.5, 0.6) is 11.6 Å². The van der Waals surface area contributed by atoms with Gasteiger partial charge >= 0.3 is 5.97 Å². The van der Waals surface area contributed by atoms with Crippen molar-refractivity contribution in [2.45, 2.75) is 51.1 Å². The third kappa shape index (κ3) is 6.42. The van der Waals surface area contributed by atoms with Crippen LogP contribution in [0.2, 0.25) is 5.02 Å². The number of ether oxygens (including phenoxy) is 3. The van der Waals surface area contributed by atoms with Gasteiger partial charge in [0.2, 0.25) is 5.88 Å². The zero-order valence-electron chi connectivity index (χ0n) is 24.0. The average molecular weight is 584 g/mol. The Morgan fingerprint density at radius 2 is 1.98 bits per heavy atom. The van der Waals surface area contributed by atoms with E-state index in [1.165, 1.54) is 24.3 Å². The van der Waals surface area contributed by atoms with Gasteiger partial charge in [-0.15, -0.1) is 0 Å². The number of benzene rings is 1. The Morgan fingerprint density at radius 3 is 2.71 bits per heavy atom. The van der Waals surface area contributed by atoms with Gasteiger partial charge in [-0.1, -0.05) is 17.7 Å². The Morgan fingerprint density at radius 1 is 1.15 bits per heavy atom. The minimum absolute atomic E-state index is 0.0258. The molecule has 2 fully saturated rings. The van der Waals surface area contributed by atoms with Gasteiger partial charge in [-0.3, -0.25) is 4.90 Å². The molecule has 0 unspecified atom stereocenters. The van der Waals surface area contributed by atoms with Crippen LogP contribution in [0.3, 0.4) is 0 Å². The largest absolute Gasteiger partial charge is 0.484 e. The van der Waals surface area contributed by atoms with Crippen LogP contribution in [0, 0.1) is 5.82 Å². The van der Waals surface area contributed by atoms with Crippen molar-refractivity contribution in [3.05, 3.63) is 76.6 Å². The smallest absolute Gasteiger partial charge is 0.354 e. The first kappa shape index (κ1) is 25.0. The predicted molar refractivity (Wildman–Crippen MR) is 148 cm³/mol. The van der Waals surface area contributed by atoms with E-state index in [0.717, 1.165) is 31.4 Å². The van der Waals surface area contributed by atoms with Gasteiger partial charge in [0.05, 0.1) is 27.6 Å². The van der Waals surface area contributed by atoms with Crippen LogP contribution >= 0.6 is 11.6 Å². The molecule has 5 heterocycles. The van der Waals surface area contributed by atoms with Gasteiger partial charge in [0.1, 0.15) is 24.0 Å². The van der Waals surface area contributed by atoms with Crippen molar-refractivity contribution < 1.29 is 31.2 Å². The summed E-state index contributed by atoms with van der Waals surface area (Å²) in [5.74, 6) is -1.08. The molecule has 0 radical (unpaired) electrons. The molecule has 1 N–H and O–H groups in total. The molecular weight excluding hydrogens is 553 g/mol. The molecule has 0 spiro atoms. The number of pyridine rings is 2. The molecule has 0 bridgehead atoms. The fraction of sp³-hybridized carbons (Fsp3) is 0.379. The highest BCUT2D eigenvalue weighted by Gasteiger charge is 2.26. The molecule has 4 aromatic rings. The van der Waals surface area contributed by atoms with E-state index < -0.39 is 18.3 Å². The molecule has 1 aromatic carbocycles. The number of fused-ring (bicyclic) bond motifs is 1. The lowest BCUT2D eigenvalue weighted by atomic mass is 10.1. The number of aromatic carboxylic acids is 1. The topological polar surface area (TPSA) is 112 Å². The Hall–Kier alpha value is -3.80. The Bertz CT molecular complexity index is 1650. The minimum atomic E-state index is -2.41. The number of rotatable bonds is 10. The first-order valence-electron chi connectivity index (χ1n) is 14.4. The number of hydrogen-bond acceptors (Lipinski definition) is 8. The molecule has 6 rings (SSSR count). The van der Waals surface area contributed by atoms with Crippen LogP contribution in [0.4, 0.5) is 4.39 Å². The SMILES string of the molecule is [2H]C([2H])(Oc1ccc(Cl)cc1F)c1cccc(OC2CCN(Cc3nc4ccc(C(=O)O)nc4n3C[C@@H]3CCO3)CC2)n1. The maximum atomic E-state index is 14.2. The summed E-state index contributed by atoms with van der Waals surface area (Å²) in [6.07, 6.45) is 2.26. The van der Waals surface area contributed by atoms with Crippen molar-refractivity contribution in [1.82, 2.24) is 24.4 Å². The van der Waals surface area contributed by atoms with Crippen molar-refractivity contribution in [2.75, 3.05) is 19.7 Å². The molecule has 10 nitrogen and oxygen atoms in total. The van der Waals surface area contributed by atoms with Crippen molar-refractivity contribution in [2.24, 2.45) is 0 Å². The molecule has 0 saturated carbocycles. The van der Waals surface area contributed by atoms with E-state index >= 15 is 0 Å². The lowest BCUT2D eigenvalue weighted by Gasteiger charge is -2.32. The van der Waals surface area contributed by atoms with Crippen LogP contribution in [-0.4, -0.2) is 67.4 Å². The number of aromatic nitrogens is 4. The van der Waals surface area contributed by atoms with Gasteiger partial charge in [-0.2, -0.15) is 0 Å². The fourth-order valence-electron chi connectivity index (χ4n) is 4.87. The molecule has 0 amide bonds. The number of imidazole rings is 1. The van der Waals surface area contributed by atoms with E-state index in [-0.39, 0.29) is 40.2 Å². The van der Waals surface area contributed by atoms with E-state index in [4.69, 9.17) is 33.5 Å². The summed E-state index contributed by atoms with van der Waals surface area (Å²) in [5.41, 5.74) is 1.11. The number of halogens is 2. The summed E-state index contributed by atoms with van der Waals surface area (Å²) >= 11 is 5.78. The first-order valence-corrected chi connectivity index (χ1v) is 13.7. The molecule has 2 saturated heterocycles. The van der Waals surface area contributed by atoms with E-state index in [1.54, 1.807) is 18.2 Å². The van der Waals surface area contributed by atoms with E-state index in [2.05, 4.69) is 14.9 Å². The highest BCUT2D eigenvalue weighted by Crippen LogP contribution is 2.25. The number of piperidine rings is 1. The van der Waals surface area contributed by atoms with E-state index in [1.807, 2.05) is 4.57 Å². The second-order valence-corrected chi connectivity index (χ2v) is 10.4. The molecule has 12 heteroatoms. The quantitative estimate of drug-likeness (QED) is 0.283. The number of nitrogens with zero attached hydrogens (tertiary/aromatic N) is 5. The molecule has 1 atom stereocenters. The lowest BCUT2D eigenvalue weighted by molar-refractivity contribution is -0.0593. The fourth-order valence-corrected chi connectivity index (χ4v) is 5.03. The van der Waals surface area contributed by atoms with Gasteiger partial charge in [0.25, 0.3) is 0 Å². The Kier molecular flexibility index (Phi) is 7.29. The molecule has 41 heavy (non-hydrogen) atoms. The monoisotopic (exact) mass is 583 g/mol. The van der Waals surface area contributed by atoms with Gasteiger partial charge < -0.3 is 23.9 Å². The summed E-state index contributed by atoms with van der Waals surface area (Å²) in [6.45, 7) is 0.871. The lowest BCUT2D eigenvalue weighted by Crippen LogP contribution is -2.39. The number of carboxylic acid groups (broad SMARTS) is 1. The van der Waals surface area contributed by atoms with Crippen molar-refractivity contribution >= 4 is 28.7 Å². The summed E-state index contributed by atoms with van der Waals surface area (Å²) in [5, 5.41) is 9.60. The predicted octanol–water partition coefficient (Wildman–Crippen LogP) is 4.73. The standard InChI is InChI=1S/C29H29ClFN5O5/c30-18-4-7-25(22(31)14-18)40-17-19-2-1-3-27(32-19)41-20-8-11-35(12-9-20)16-26-33-23-5-6-24(29(37)38)34-28(23)36(26)15-21-10-13-39-21/h1-7,14,20-21H,8-13,15-17H2,(H,37,38)/t21-/m0/s1/i17D2. The Balaban J connectivity index is 1.09. The maximum absolute atomic E-state index is 14.2. The summed E-state index contributed by atoms with van der Waals surface area (Å²) in [6, 6.07) is 11.6. The summed E-state index contributed by atoms with van der Waals surface area (Å²) < 4.78 is 49.8. The highest BCUT2D eigenvalue weighted by atomic mass is 35.5. The maximum Gasteiger partial charge on any atom is 0.354 e. The summed E-state index contributed by atoms with van der Waals surface area (Å²) in [7, 11) is 0. The van der Waals surface area contributed by atoms with Crippen LogP contribution in [0.15, 0.2) is 48.5 Å². The van der Waals surface area contributed by atoms with Crippen molar-refractivity contribution in [3.63, 3.8) is 0 Å². The second kappa shape index (κ2) is 12.0. The molecule has 2 aliphatic rings. The van der Waals surface area contributed by atoms with Crippen molar-refractivity contribution in [1.29, 1.82) is 0 Å². The molecule has 3 aromatic heterocycles. The van der Waals surface area contributed by atoms with Crippen LogP contribution < -0.4 is 9.47 Å². The van der Waals surface area contributed by atoms with E-state index in [9.17, 15) is 14.3 Å². The third-order valence-electron chi connectivity index (χ3n) is 7.14. The average Bonchev–Trinajstić information content (AvgIpc) is 3.29. The van der Waals surface area contributed by atoms with E-state index in [0.29, 0.717) is 43.7 Å².